The fourth-order valence-electron chi connectivity index (χ4n) is 23.0. The second-order valence-corrected chi connectivity index (χ2v) is 47.6. The molecule has 0 fully saturated rings. The van der Waals surface area contributed by atoms with Gasteiger partial charge in [0, 0.05) is 0 Å². The number of rotatable bonds is 30. The predicted octanol–water partition coefficient (Wildman–Crippen LogP) is 38.9. The Morgan fingerprint density at radius 2 is 0.269 bits per heavy atom. The third kappa shape index (κ3) is 19.5. The molecule has 0 aliphatic carbocycles. The summed E-state index contributed by atoms with van der Waals surface area (Å²) in [5.41, 5.74) is 55.5. The van der Waals surface area contributed by atoms with Gasteiger partial charge in [-0.15, -0.1) is 0 Å². The molecule has 0 saturated carbocycles. The number of benzene rings is 14. The summed E-state index contributed by atoms with van der Waals surface area (Å²) in [7, 11) is 0. The van der Waals surface area contributed by atoms with E-state index >= 15 is 0 Å². The molecule has 0 amide bonds. The average Bonchev–Trinajstić information content (AvgIpc) is 0.718. The van der Waals surface area contributed by atoms with Crippen molar-refractivity contribution in [2.45, 2.75) is 316 Å². The molecule has 0 radical (unpaired) electrons. The van der Waals surface area contributed by atoms with Crippen molar-refractivity contribution in [2.75, 3.05) is 0 Å². The van der Waals surface area contributed by atoms with Gasteiger partial charge < -0.3 is 0 Å². The monoisotopic (exact) mass is 1790 g/mol. The zero-order chi connectivity index (χ0) is 96.6. The zero-order valence-corrected chi connectivity index (χ0v) is 90.0. The van der Waals surface area contributed by atoms with Gasteiger partial charge >= 0.3 is 828 Å². The van der Waals surface area contributed by atoms with E-state index in [9.17, 15) is 0 Å². The molecular weight excluding hydrogens is 1640 g/mol. The summed E-state index contributed by atoms with van der Waals surface area (Å²) in [5, 5.41) is 0. The van der Waals surface area contributed by atoms with E-state index < -0.39 is 25.6 Å². The first kappa shape index (κ1) is 100. The van der Waals surface area contributed by atoms with Crippen LogP contribution in [-0.2, 0) is 0 Å². The molecule has 134 heavy (non-hydrogen) atoms. The van der Waals surface area contributed by atoms with Gasteiger partial charge in [0.25, 0.3) is 0 Å². The van der Waals surface area contributed by atoms with E-state index in [1.807, 2.05) is 0 Å². The van der Waals surface area contributed by atoms with Crippen LogP contribution in [-0.4, -0.2) is 25.6 Å². The van der Waals surface area contributed by atoms with Crippen LogP contribution < -0.4 is 8.85 Å². The van der Waals surface area contributed by atoms with E-state index in [1.165, 1.54) is 231 Å². The van der Waals surface area contributed by atoms with E-state index in [2.05, 4.69) is 476 Å². The van der Waals surface area contributed by atoms with Crippen molar-refractivity contribution in [3.05, 3.63) is 344 Å². The Morgan fingerprint density at radius 3 is 0.410 bits per heavy atom. The standard InChI is InChI=1S/2C66H77.2Al/c2*1-39(2)51-32-24-33-52(40(3)4)63(51)65-59(43(9)10)55(47-26-19-17-20-27-47)37-57(61(65)45(13)14)49-30-23-31-50(36-49)58-38-56(48-28-21-18-22-29-48)60(44(11)12)66(62(58)46(15)16)64-53(41(5)6)34-25-35-54(64)42(7)8;;/h2*17-35,37-46H,1-16H3;;. The fraction of sp³-hybridized carbons (Fsp3) is 0.364. The number of hydrogen-bond donors (Lipinski definition) is 0. The van der Waals surface area contributed by atoms with E-state index in [-0.39, 0.29) is 94.7 Å². The van der Waals surface area contributed by atoms with Crippen molar-refractivity contribution in [3.8, 4) is 134 Å². The Labute approximate surface area is 821 Å². The van der Waals surface area contributed by atoms with E-state index in [0.717, 1.165) is 0 Å². The van der Waals surface area contributed by atoms with Gasteiger partial charge in [-0.25, -0.2) is 0 Å². The molecule has 0 aliphatic rings. The molecule has 0 aromatic heterocycles. The Hall–Kier alpha value is -9.86. The van der Waals surface area contributed by atoms with Gasteiger partial charge in [-0.2, -0.15) is 0 Å². The van der Waals surface area contributed by atoms with Crippen LogP contribution in [0.4, 0.5) is 0 Å². The predicted molar refractivity (Wildman–Crippen MR) is 594 cm³/mol. The van der Waals surface area contributed by atoms with Crippen molar-refractivity contribution in [2.24, 2.45) is 0 Å². The molecule has 0 atom stereocenters. The molecule has 0 aliphatic heterocycles. The van der Waals surface area contributed by atoms with Gasteiger partial charge in [-0.3, -0.25) is 0 Å². The summed E-state index contributed by atoms with van der Waals surface area (Å²) in [6, 6.07) is 102. The van der Waals surface area contributed by atoms with Gasteiger partial charge in [0.2, 0.25) is 0 Å². The molecule has 2 heteroatoms. The molecule has 0 bridgehead atoms. The van der Waals surface area contributed by atoms with E-state index in [1.54, 1.807) is 0 Å². The van der Waals surface area contributed by atoms with Crippen LogP contribution in [0.15, 0.2) is 255 Å². The van der Waals surface area contributed by atoms with Crippen LogP contribution in [0, 0.1) is 0 Å². The van der Waals surface area contributed by atoms with Crippen molar-refractivity contribution in [1.82, 2.24) is 0 Å². The summed E-state index contributed by atoms with van der Waals surface area (Å²) in [4.78, 5) is 0. The second-order valence-electron chi connectivity index (χ2n) is 43.7. The molecule has 0 unspecified atom stereocenters. The molecule has 14 rings (SSSR count). The summed E-state index contributed by atoms with van der Waals surface area (Å²) in [5.74, 6) is 3.32. The Bertz CT molecular complexity index is 5690. The van der Waals surface area contributed by atoms with Crippen molar-refractivity contribution in [3.63, 3.8) is 0 Å². The van der Waals surface area contributed by atoms with Crippen molar-refractivity contribution >= 4 is 34.4 Å². The zero-order valence-electron chi connectivity index (χ0n) is 87.6. The van der Waals surface area contributed by atoms with Crippen LogP contribution in [0.25, 0.3) is 134 Å². The first-order valence-electron chi connectivity index (χ1n) is 51.4. The van der Waals surface area contributed by atoms with Crippen LogP contribution >= 0.6 is 0 Å². The Kier molecular flexibility index (Phi) is 31.7. The molecule has 14 aromatic carbocycles. The van der Waals surface area contributed by atoms with Gasteiger partial charge in [0.15, 0.2) is 0 Å². The normalized spacial score (nSPS) is 12.2. The van der Waals surface area contributed by atoms with Crippen LogP contribution in [0.1, 0.15) is 405 Å². The van der Waals surface area contributed by atoms with Crippen LogP contribution in [0.3, 0.4) is 0 Å². The summed E-state index contributed by atoms with van der Waals surface area (Å²) < 4.78 is 2.99. The van der Waals surface area contributed by atoms with Crippen LogP contribution in [0.5, 0.6) is 0 Å². The number of hydrogen-bond acceptors (Lipinski definition) is 0. The van der Waals surface area contributed by atoms with Gasteiger partial charge in [-0.1, -0.05) is 0 Å². The molecule has 0 nitrogen and oxygen atoms in total. The quantitative estimate of drug-likeness (QED) is 0.0394. The topological polar surface area (TPSA) is 0 Å². The van der Waals surface area contributed by atoms with Crippen LogP contribution in [0.2, 0.25) is 0 Å². The van der Waals surface area contributed by atoms with Gasteiger partial charge in [0.05, 0.1) is 0 Å². The van der Waals surface area contributed by atoms with E-state index in [4.69, 9.17) is 0 Å². The van der Waals surface area contributed by atoms with E-state index in [0.29, 0.717) is 0 Å². The first-order chi connectivity index (χ1) is 63.9. The SMILES string of the molecule is CC(C)c1cccc(C(C)C)c1-c1c(C(C)C)c(-c2ccccc2)cc(-c2cccc(-c3cc(-c4ccccc4)c(C(C)C)c(-c4c(C(C)C)cccc4C(C)C)c3C(C)C)[c]2[Al]=[Al][c]2c(-c3cc(-c4ccccc4)c(C(C)C)c(-c4c(C(C)C)cccc4C(C)C)c3C(C)C)cccc2-c2cc(-c3ccccc3)c(C(C)C)c(-c3c(C(C)C)cccc3C(C)C)c2C(C)C)c1C(C)C. The second kappa shape index (κ2) is 42.4. The van der Waals surface area contributed by atoms with Crippen molar-refractivity contribution in [1.29, 1.82) is 0 Å². The summed E-state index contributed by atoms with van der Waals surface area (Å²) in [6.07, 6.45) is 0. The first-order valence-corrected chi connectivity index (χ1v) is 55.2. The summed E-state index contributed by atoms with van der Waals surface area (Å²) >= 11 is -1.24. The minimum absolute atomic E-state index is 0.116. The van der Waals surface area contributed by atoms with Crippen molar-refractivity contribution < 1.29 is 0 Å². The van der Waals surface area contributed by atoms with Gasteiger partial charge in [-0.05, 0) is 0 Å². The maximum absolute atomic E-state index is 2.74. The molecular formula is C132H154Al2. The molecule has 0 saturated heterocycles. The third-order valence-electron chi connectivity index (χ3n) is 28.9. The fourth-order valence-corrected chi connectivity index (χ4v) is 28.2. The molecule has 688 valence electrons. The maximum atomic E-state index is 2.74. The molecule has 0 spiro atoms. The molecule has 14 aromatic rings. The summed E-state index contributed by atoms with van der Waals surface area (Å²) in [6.45, 7) is 79.1. The third-order valence-corrected chi connectivity index (χ3v) is 33.4. The average molecular weight is 1790 g/mol. The molecule has 0 heterocycles. The minimum atomic E-state index is -0.618. The Morgan fingerprint density at radius 1 is 0.127 bits per heavy atom. The Balaban J connectivity index is 1.32. The van der Waals surface area contributed by atoms with Gasteiger partial charge in [0.1, 0.15) is 0 Å². The molecule has 0 N–H and O–H groups in total.